The molecule has 3 rings (SSSR count). The summed E-state index contributed by atoms with van der Waals surface area (Å²) in [5.74, 6) is -1.57. The van der Waals surface area contributed by atoms with Crippen LogP contribution in [0, 0.1) is 0 Å². The Morgan fingerprint density at radius 1 is 1.25 bits per heavy atom. The van der Waals surface area contributed by atoms with Gasteiger partial charge in [-0.3, -0.25) is 4.79 Å². The molecular weight excluding hydrogens is 384 g/mol. The van der Waals surface area contributed by atoms with Crippen LogP contribution in [-0.4, -0.2) is 47.7 Å². The SMILES string of the molecule is COC(=O)c1ccccc1NC(=O)c1cc2n(n1)[C@H](C(F)F)C[C@@H](C(F)F)N2. The highest BCUT2D eigenvalue weighted by molar-refractivity contribution is 6.07. The van der Waals surface area contributed by atoms with Crippen LogP contribution in [0.15, 0.2) is 30.3 Å². The summed E-state index contributed by atoms with van der Waals surface area (Å²) in [5, 5.41) is 8.71. The van der Waals surface area contributed by atoms with Crippen molar-refractivity contribution in [2.24, 2.45) is 0 Å². The highest BCUT2D eigenvalue weighted by Gasteiger charge is 2.38. The summed E-state index contributed by atoms with van der Waals surface area (Å²) >= 11 is 0. The molecule has 0 aliphatic carbocycles. The number of hydrogen-bond acceptors (Lipinski definition) is 5. The molecule has 2 aromatic rings. The lowest BCUT2D eigenvalue weighted by Crippen LogP contribution is -2.39. The normalized spacial score (nSPS) is 18.5. The van der Waals surface area contributed by atoms with Gasteiger partial charge in [0.05, 0.1) is 24.4 Å². The first-order valence-corrected chi connectivity index (χ1v) is 8.23. The van der Waals surface area contributed by atoms with Gasteiger partial charge in [-0.15, -0.1) is 0 Å². The van der Waals surface area contributed by atoms with Crippen LogP contribution in [0.4, 0.5) is 29.1 Å². The van der Waals surface area contributed by atoms with Gasteiger partial charge in [0.1, 0.15) is 11.9 Å². The largest absolute Gasteiger partial charge is 0.465 e. The predicted molar refractivity (Wildman–Crippen MR) is 91.0 cm³/mol. The Bertz CT molecular complexity index is 887. The number of esters is 1. The quantitative estimate of drug-likeness (QED) is 0.595. The Labute approximate surface area is 156 Å². The molecule has 1 aliphatic heterocycles. The highest BCUT2D eigenvalue weighted by Crippen LogP contribution is 2.34. The number of nitrogens with zero attached hydrogens (tertiary/aromatic N) is 2. The maximum Gasteiger partial charge on any atom is 0.339 e. The monoisotopic (exact) mass is 400 g/mol. The second kappa shape index (κ2) is 7.87. The Morgan fingerprint density at radius 2 is 1.96 bits per heavy atom. The van der Waals surface area contributed by atoms with E-state index < -0.39 is 43.2 Å². The van der Waals surface area contributed by atoms with Crippen molar-refractivity contribution in [3.63, 3.8) is 0 Å². The number of para-hydroxylation sites is 1. The van der Waals surface area contributed by atoms with Crippen molar-refractivity contribution in [3.05, 3.63) is 41.6 Å². The molecule has 0 unspecified atom stereocenters. The maximum atomic E-state index is 13.3. The smallest absolute Gasteiger partial charge is 0.339 e. The summed E-state index contributed by atoms with van der Waals surface area (Å²) in [6, 6.07) is 4.08. The summed E-state index contributed by atoms with van der Waals surface area (Å²) in [7, 11) is 1.18. The van der Waals surface area contributed by atoms with Gasteiger partial charge in [0, 0.05) is 12.5 Å². The molecule has 2 atom stereocenters. The van der Waals surface area contributed by atoms with E-state index in [1.165, 1.54) is 19.2 Å². The number of rotatable bonds is 5. The fourth-order valence-electron chi connectivity index (χ4n) is 2.92. The zero-order valence-corrected chi connectivity index (χ0v) is 14.5. The third-order valence-electron chi connectivity index (χ3n) is 4.29. The molecule has 1 aromatic carbocycles. The number of carbonyl (C=O) groups is 2. The molecule has 0 bridgehead atoms. The number of alkyl halides is 4. The third-order valence-corrected chi connectivity index (χ3v) is 4.29. The van der Waals surface area contributed by atoms with Gasteiger partial charge in [-0.25, -0.2) is 27.0 Å². The summed E-state index contributed by atoms with van der Waals surface area (Å²) in [4.78, 5) is 24.3. The molecule has 2 heterocycles. The number of anilines is 2. The summed E-state index contributed by atoms with van der Waals surface area (Å²) in [5.41, 5.74) is -0.0412. The van der Waals surface area contributed by atoms with Gasteiger partial charge in [0.15, 0.2) is 5.69 Å². The van der Waals surface area contributed by atoms with Gasteiger partial charge in [0.25, 0.3) is 18.8 Å². The number of nitrogens with one attached hydrogen (secondary N) is 2. The van der Waals surface area contributed by atoms with E-state index in [4.69, 9.17) is 0 Å². The van der Waals surface area contributed by atoms with E-state index in [0.717, 1.165) is 10.7 Å². The molecular formula is C17H16F4N4O3. The average Bonchev–Trinajstić information content (AvgIpc) is 3.11. The number of methoxy groups -OCH3 is 1. The first kappa shape index (κ1) is 19.6. The third kappa shape index (κ3) is 3.78. The molecule has 150 valence electrons. The topological polar surface area (TPSA) is 85.2 Å². The summed E-state index contributed by atoms with van der Waals surface area (Å²) in [6.07, 6.45) is -6.32. The van der Waals surface area contributed by atoms with Crippen molar-refractivity contribution in [1.29, 1.82) is 0 Å². The van der Waals surface area contributed by atoms with Gasteiger partial charge in [-0.1, -0.05) is 12.1 Å². The van der Waals surface area contributed by atoms with E-state index in [1.807, 2.05) is 0 Å². The molecule has 0 radical (unpaired) electrons. The number of aromatic nitrogens is 2. The van der Waals surface area contributed by atoms with Crippen molar-refractivity contribution in [2.45, 2.75) is 31.4 Å². The van der Waals surface area contributed by atoms with Gasteiger partial charge in [-0.05, 0) is 12.1 Å². The molecule has 0 saturated carbocycles. The minimum Gasteiger partial charge on any atom is -0.465 e. The molecule has 2 N–H and O–H groups in total. The molecule has 11 heteroatoms. The van der Waals surface area contributed by atoms with Gasteiger partial charge < -0.3 is 15.4 Å². The van der Waals surface area contributed by atoms with E-state index in [2.05, 4.69) is 20.5 Å². The highest BCUT2D eigenvalue weighted by atomic mass is 19.3. The maximum absolute atomic E-state index is 13.3. The Morgan fingerprint density at radius 3 is 2.61 bits per heavy atom. The second-order valence-electron chi connectivity index (χ2n) is 6.07. The minimum absolute atomic E-state index is 0.0867. The van der Waals surface area contributed by atoms with E-state index >= 15 is 0 Å². The Hall–Kier alpha value is -3.11. The summed E-state index contributed by atoms with van der Waals surface area (Å²) in [6.45, 7) is 0. The number of amides is 1. The van der Waals surface area contributed by atoms with Crippen molar-refractivity contribution in [2.75, 3.05) is 17.7 Å². The lowest BCUT2D eigenvalue weighted by atomic mass is 10.1. The van der Waals surface area contributed by atoms with Crippen LogP contribution < -0.4 is 10.6 Å². The lowest BCUT2D eigenvalue weighted by Gasteiger charge is -2.31. The van der Waals surface area contributed by atoms with Gasteiger partial charge in [0.2, 0.25) is 0 Å². The van der Waals surface area contributed by atoms with Crippen LogP contribution in [-0.2, 0) is 4.74 Å². The molecule has 0 saturated heterocycles. The second-order valence-corrected chi connectivity index (χ2v) is 6.07. The van der Waals surface area contributed by atoms with Crippen LogP contribution in [0.5, 0.6) is 0 Å². The van der Waals surface area contributed by atoms with Crippen molar-refractivity contribution in [1.82, 2.24) is 9.78 Å². The minimum atomic E-state index is -2.93. The first-order chi connectivity index (χ1) is 13.3. The number of carbonyl (C=O) groups excluding carboxylic acids is 2. The number of hydrogen-bond donors (Lipinski definition) is 2. The lowest BCUT2D eigenvalue weighted by molar-refractivity contribution is 0.0419. The van der Waals surface area contributed by atoms with Crippen LogP contribution in [0.3, 0.4) is 0 Å². The van der Waals surface area contributed by atoms with Gasteiger partial charge in [-0.2, -0.15) is 5.10 Å². The average molecular weight is 400 g/mol. The number of fused-ring (bicyclic) bond motifs is 1. The van der Waals surface area contributed by atoms with Crippen molar-refractivity contribution in [3.8, 4) is 0 Å². The molecule has 28 heavy (non-hydrogen) atoms. The van der Waals surface area contributed by atoms with Gasteiger partial charge >= 0.3 is 5.97 Å². The first-order valence-electron chi connectivity index (χ1n) is 8.23. The molecule has 0 fully saturated rings. The molecule has 1 amide bonds. The van der Waals surface area contributed by atoms with Crippen molar-refractivity contribution < 1.29 is 31.9 Å². The molecule has 0 spiro atoms. The standard InChI is InChI=1S/C17H16F4N4O3/c1-28-17(27)8-4-2-3-5-9(8)23-16(26)11-7-13-22-10(14(18)19)6-12(15(20)21)25(13)24-11/h2-5,7,10,12,14-15,22H,6H2,1H3,(H,23,26)/t10-,12-/m0/s1. The zero-order chi connectivity index (χ0) is 20.4. The fraction of sp³-hybridized carbons (Fsp3) is 0.353. The van der Waals surface area contributed by atoms with Crippen LogP contribution in [0.2, 0.25) is 0 Å². The van der Waals surface area contributed by atoms with Crippen LogP contribution in [0.1, 0.15) is 33.3 Å². The molecule has 1 aromatic heterocycles. The Balaban J connectivity index is 1.88. The molecule has 1 aliphatic rings. The molecule has 7 nitrogen and oxygen atoms in total. The number of benzene rings is 1. The van der Waals surface area contributed by atoms with E-state index in [9.17, 15) is 27.2 Å². The van der Waals surface area contributed by atoms with E-state index in [-0.39, 0.29) is 22.8 Å². The fourth-order valence-corrected chi connectivity index (χ4v) is 2.92. The van der Waals surface area contributed by atoms with Crippen LogP contribution >= 0.6 is 0 Å². The zero-order valence-electron chi connectivity index (χ0n) is 14.5. The van der Waals surface area contributed by atoms with Crippen molar-refractivity contribution >= 4 is 23.4 Å². The van der Waals surface area contributed by atoms with Crippen LogP contribution in [0.25, 0.3) is 0 Å². The number of halogens is 4. The Kier molecular flexibility index (Phi) is 5.52. The van der Waals surface area contributed by atoms with E-state index in [0.29, 0.717) is 0 Å². The predicted octanol–water partition coefficient (Wildman–Crippen LogP) is 3.18. The van der Waals surface area contributed by atoms with E-state index in [1.54, 1.807) is 12.1 Å². The summed E-state index contributed by atoms with van der Waals surface area (Å²) < 4.78 is 58.0. The number of ether oxygens (including phenoxy) is 1.